The van der Waals surface area contributed by atoms with Crippen LogP contribution >= 0.6 is 11.3 Å². The van der Waals surface area contributed by atoms with Crippen LogP contribution < -0.4 is 10.1 Å². The van der Waals surface area contributed by atoms with Gasteiger partial charge >= 0.3 is 0 Å². The number of thiophene rings is 1. The Morgan fingerprint density at radius 3 is 2.71 bits per heavy atom. The van der Waals surface area contributed by atoms with Crippen LogP contribution in [-0.4, -0.2) is 32.6 Å². The minimum atomic E-state index is 0.334. The van der Waals surface area contributed by atoms with E-state index in [1.807, 2.05) is 23.5 Å². The Balaban J connectivity index is 2.00. The molecule has 0 radical (unpaired) electrons. The van der Waals surface area contributed by atoms with E-state index in [4.69, 9.17) is 4.74 Å². The topological polar surface area (TPSA) is 24.5 Å². The van der Waals surface area contributed by atoms with Crippen LogP contribution in [0.5, 0.6) is 5.75 Å². The van der Waals surface area contributed by atoms with Gasteiger partial charge in [0.25, 0.3) is 0 Å². The number of aryl methyl sites for hydroxylation is 1. The van der Waals surface area contributed by atoms with Crippen LogP contribution in [0.1, 0.15) is 22.0 Å². The highest BCUT2D eigenvalue weighted by atomic mass is 32.1. The largest absolute Gasteiger partial charge is 0.497 e. The van der Waals surface area contributed by atoms with Crippen molar-refractivity contribution in [2.24, 2.45) is 0 Å². The van der Waals surface area contributed by atoms with Gasteiger partial charge in [-0.3, -0.25) is 0 Å². The van der Waals surface area contributed by atoms with Gasteiger partial charge in [-0.1, -0.05) is 12.1 Å². The Morgan fingerprint density at radius 1 is 1.29 bits per heavy atom. The fourth-order valence-electron chi connectivity index (χ4n) is 2.35. The van der Waals surface area contributed by atoms with Gasteiger partial charge in [0.2, 0.25) is 0 Å². The third-order valence-electron chi connectivity index (χ3n) is 3.69. The van der Waals surface area contributed by atoms with Crippen molar-refractivity contribution in [2.45, 2.75) is 19.5 Å². The van der Waals surface area contributed by atoms with Crippen molar-refractivity contribution in [3.05, 3.63) is 51.7 Å². The van der Waals surface area contributed by atoms with Gasteiger partial charge in [0.05, 0.1) is 7.11 Å². The van der Waals surface area contributed by atoms with Crippen molar-refractivity contribution in [2.75, 3.05) is 27.7 Å². The van der Waals surface area contributed by atoms with E-state index in [9.17, 15) is 0 Å². The van der Waals surface area contributed by atoms with E-state index < -0.39 is 0 Å². The number of rotatable bonds is 7. The molecule has 1 aromatic carbocycles. The number of nitrogens with zero attached hydrogens (tertiary/aromatic N) is 1. The second-order valence-corrected chi connectivity index (χ2v) is 6.41. The summed E-state index contributed by atoms with van der Waals surface area (Å²) in [6.45, 7) is 4.01. The van der Waals surface area contributed by atoms with Gasteiger partial charge in [-0.05, 0) is 55.7 Å². The normalized spacial score (nSPS) is 12.6. The summed E-state index contributed by atoms with van der Waals surface area (Å²) in [6, 6.07) is 10.8. The molecule has 0 aliphatic rings. The van der Waals surface area contributed by atoms with Crippen molar-refractivity contribution in [1.82, 2.24) is 10.2 Å². The lowest BCUT2D eigenvalue weighted by molar-refractivity contribution is 0.287. The lowest BCUT2D eigenvalue weighted by atomic mass is 10.1. The molecule has 1 N–H and O–H groups in total. The number of benzene rings is 1. The molecule has 0 saturated carbocycles. The number of ether oxygens (including phenoxy) is 1. The molecule has 0 saturated heterocycles. The average molecular weight is 304 g/mol. The molecule has 1 aromatic heterocycles. The summed E-state index contributed by atoms with van der Waals surface area (Å²) in [4.78, 5) is 3.65. The molecular formula is C17H24N2OS. The van der Waals surface area contributed by atoms with Gasteiger partial charge in [-0.2, -0.15) is 0 Å². The van der Waals surface area contributed by atoms with Crippen LogP contribution in [0.2, 0.25) is 0 Å². The maximum absolute atomic E-state index is 5.33. The third kappa shape index (κ3) is 4.30. The van der Waals surface area contributed by atoms with Crippen LogP contribution in [0.4, 0.5) is 0 Å². The predicted octanol–water partition coefficient (Wildman–Crippen LogP) is 3.46. The van der Waals surface area contributed by atoms with Gasteiger partial charge in [-0.15, -0.1) is 11.3 Å². The van der Waals surface area contributed by atoms with Crippen molar-refractivity contribution in [3.8, 4) is 5.75 Å². The van der Waals surface area contributed by atoms with Gasteiger partial charge in [0, 0.05) is 24.0 Å². The number of methoxy groups -OCH3 is 1. The fraction of sp³-hybridized carbons (Fsp3) is 0.412. The number of likely N-dealkylation sites (N-methyl/N-ethyl adjacent to an activating group) is 1. The minimum absolute atomic E-state index is 0.334. The number of hydrogen-bond acceptors (Lipinski definition) is 4. The van der Waals surface area contributed by atoms with Gasteiger partial charge in [0.1, 0.15) is 5.75 Å². The SMILES string of the molecule is COc1cccc(C(CNCc2sccc2C)N(C)C)c1. The highest BCUT2D eigenvalue weighted by molar-refractivity contribution is 7.10. The second-order valence-electron chi connectivity index (χ2n) is 5.41. The average Bonchev–Trinajstić information content (AvgIpc) is 2.88. The zero-order chi connectivity index (χ0) is 15.2. The molecule has 0 spiro atoms. The molecule has 4 heteroatoms. The zero-order valence-electron chi connectivity index (χ0n) is 13.2. The number of hydrogen-bond donors (Lipinski definition) is 1. The molecule has 0 aliphatic carbocycles. The first-order valence-corrected chi connectivity index (χ1v) is 8.04. The highest BCUT2D eigenvalue weighted by Crippen LogP contribution is 2.22. The standard InChI is InChI=1S/C17H24N2OS/c1-13-8-9-21-17(13)12-18-11-16(19(2)3)14-6-5-7-15(10-14)20-4/h5-10,16,18H,11-12H2,1-4H3. The first-order valence-electron chi connectivity index (χ1n) is 7.16. The van der Waals surface area contributed by atoms with Crippen molar-refractivity contribution in [1.29, 1.82) is 0 Å². The van der Waals surface area contributed by atoms with Crippen LogP contribution in [0, 0.1) is 6.92 Å². The monoisotopic (exact) mass is 304 g/mol. The van der Waals surface area contributed by atoms with E-state index in [-0.39, 0.29) is 0 Å². The van der Waals surface area contributed by atoms with E-state index in [0.29, 0.717) is 6.04 Å². The van der Waals surface area contributed by atoms with Crippen molar-refractivity contribution < 1.29 is 4.74 Å². The minimum Gasteiger partial charge on any atom is -0.497 e. The molecule has 0 aliphatic heterocycles. The molecular weight excluding hydrogens is 280 g/mol. The van der Waals surface area contributed by atoms with E-state index >= 15 is 0 Å². The summed E-state index contributed by atoms with van der Waals surface area (Å²) in [5, 5.41) is 5.72. The Labute approximate surface area is 131 Å². The summed E-state index contributed by atoms with van der Waals surface area (Å²) >= 11 is 1.82. The van der Waals surface area contributed by atoms with Crippen molar-refractivity contribution in [3.63, 3.8) is 0 Å². The maximum atomic E-state index is 5.33. The summed E-state index contributed by atoms with van der Waals surface area (Å²) in [7, 11) is 5.94. The summed E-state index contributed by atoms with van der Waals surface area (Å²) in [6.07, 6.45) is 0. The maximum Gasteiger partial charge on any atom is 0.119 e. The summed E-state index contributed by atoms with van der Waals surface area (Å²) < 4.78 is 5.33. The molecule has 0 fully saturated rings. The molecule has 1 atom stereocenters. The lowest BCUT2D eigenvalue weighted by Gasteiger charge is -2.25. The lowest BCUT2D eigenvalue weighted by Crippen LogP contribution is -2.30. The smallest absolute Gasteiger partial charge is 0.119 e. The number of nitrogens with one attached hydrogen (secondary N) is 1. The van der Waals surface area contributed by atoms with Crippen LogP contribution in [0.25, 0.3) is 0 Å². The molecule has 2 rings (SSSR count). The summed E-state index contributed by atoms with van der Waals surface area (Å²) in [5.74, 6) is 0.911. The van der Waals surface area contributed by atoms with E-state index in [2.05, 4.69) is 54.8 Å². The van der Waals surface area contributed by atoms with E-state index in [1.165, 1.54) is 16.0 Å². The Morgan fingerprint density at radius 2 is 2.10 bits per heavy atom. The third-order valence-corrected chi connectivity index (χ3v) is 4.72. The van der Waals surface area contributed by atoms with Crippen LogP contribution in [-0.2, 0) is 6.54 Å². The first kappa shape index (κ1) is 16.0. The van der Waals surface area contributed by atoms with Crippen LogP contribution in [0.15, 0.2) is 35.7 Å². The molecule has 0 amide bonds. The molecule has 21 heavy (non-hydrogen) atoms. The Kier molecular flexibility index (Phi) is 5.79. The fourth-order valence-corrected chi connectivity index (χ4v) is 3.23. The molecule has 1 unspecified atom stereocenters. The van der Waals surface area contributed by atoms with E-state index in [1.54, 1.807) is 7.11 Å². The van der Waals surface area contributed by atoms with Gasteiger partial charge in [-0.25, -0.2) is 0 Å². The van der Waals surface area contributed by atoms with Gasteiger partial charge in [0.15, 0.2) is 0 Å². The highest BCUT2D eigenvalue weighted by Gasteiger charge is 2.14. The molecule has 2 aromatic rings. The second kappa shape index (κ2) is 7.59. The molecule has 3 nitrogen and oxygen atoms in total. The Bertz CT molecular complexity index is 565. The van der Waals surface area contributed by atoms with Gasteiger partial charge < -0.3 is 15.0 Å². The predicted molar refractivity (Wildman–Crippen MR) is 90.2 cm³/mol. The first-order chi connectivity index (χ1) is 10.1. The molecule has 114 valence electrons. The molecule has 0 bridgehead atoms. The zero-order valence-corrected chi connectivity index (χ0v) is 14.0. The van der Waals surface area contributed by atoms with Crippen molar-refractivity contribution >= 4 is 11.3 Å². The van der Waals surface area contributed by atoms with Crippen LogP contribution in [0.3, 0.4) is 0 Å². The molecule has 1 heterocycles. The van der Waals surface area contributed by atoms with E-state index in [0.717, 1.165) is 18.8 Å². The summed E-state index contributed by atoms with van der Waals surface area (Å²) in [5.41, 5.74) is 2.64. The Hall–Kier alpha value is -1.36. The quantitative estimate of drug-likeness (QED) is 0.848.